The zero-order valence-corrected chi connectivity index (χ0v) is 11.9. The van der Waals surface area contributed by atoms with Crippen molar-refractivity contribution in [2.45, 2.75) is 65.2 Å². The van der Waals surface area contributed by atoms with Crippen molar-refractivity contribution >= 4 is 0 Å². The molecule has 0 aliphatic carbocycles. The van der Waals surface area contributed by atoms with E-state index in [0.717, 1.165) is 24.2 Å². The molecule has 0 unspecified atom stereocenters. The molecule has 4 nitrogen and oxygen atoms in total. The van der Waals surface area contributed by atoms with Crippen molar-refractivity contribution in [2.75, 3.05) is 7.11 Å². The maximum absolute atomic E-state index is 5.06. The number of rotatable bonds is 9. The van der Waals surface area contributed by atoms with Crippen LogP contribution < -0.4 is 4.74 Å². The highest BCUT2D eigenvalue weighted by Gasteiger charge is 2.09. The first-order valence-electron chi connectivity index (χ1n) is 7.08. The highest BCUT2D eigenvalue weighted by molar-refractivity contribution is 5.12. The second-order valence-corrected chi connectivity index (χ2v) is 4.61. The van der Waals surface area contributed by atoms with Crippen molar-refractivity contribution < 1.29 is 4.74 Å². The Balaban J connectivity index is 2.66. The second-order valence-electron chi connectivity index (χ2n) is 4.61. The van der Waals surface area contributed by atoms with E-state index in [0.29, 0.717) is 6.01 Å². The van der Waals surface area contributed by atoms with Crippen LogP contribution in [0, 0.1) is 0 Å². The largest absolute Gasteiger partial charge is 0.466 e. The molecule has 0 amide bonds. The molecule has 0 saturated heterocycles. The summed E-state index contributed by atoms with van der Waals surface area (Å²) in [6.07, 6.45) is 9.23. The number of aryl methyl sites for hydroxylation is 2. The molecular formula is C14H25N3O. The molecule has 0 bridgehead atoms. The molecule has 0 fully saturated rings. The Labute approximate surface area is 110 Å². The van der Waals surface area contributed by atoms with Gasteiger partial charge >= 0.3 is 6.01 Å². The van der Waals surface area contributed by atoms with Gasteiger partial charge in [0.15, 0.2) is 0 Å². The van der Waals surface area contributed by atoms with Crippen molar-refractivity contribution in [3.05, 3.63) is 11.4 Å². The lowest BCUT2D eigenvalue weighted by Crippen LogP contribution is -2.06. The van der Waals surface area contributed by atoms with Crippen molar-refractivity contribution in [1.82, 2.24) is 15.2 Å². The van der Waals surface area contributed by atoms with Crippen molar-refractivity contribution in [2.24, 2.45) is 0 Å². The summed E-state index contributed by atoms with van der Waals surface area (Å²) in [5.41, 5.74) is 2.13. The van der Waals surface area contributed by atoms with Gasteiger partial charge in [-0.3, -0.25) is 0 Å². The first kappa shape index (κ1) is 14.9. The van der Waals surface area contributed by atoms with Crippen LogP contribution in [0.4, 0.5) is 0 Å². The predicted octanol–water partition coefficient (Wildman–Crippen LogP) is 3.35. The van der Waals surface area contributed by atoms with Crippen LogP contribution in [0.2, 0.25) is 0 Å². The molecule has 1 rings (SSSR count). The van der Waals surface area contributed by atoms with Gasteiger partial charge in [-0.1, -0.05) is 44.6 Å². The Morgan fingerprint density at radius 1 is 0.833 bits per heavy atom. The number of nitrogens with zero attached hydrogens (tertiary/aromatic N) is 3. The molecule has 0 radical (unpaired) electrons. The number of hydrogen-bond donors (Lipinski definition) is 0. The lowest BCUT2D eigenvalue weighted by molar-refractivity contribution is 0.369. The molecule has 0 N–H and O–H groups in total. The minimum atomic E-state index is 0.390. The van der Waals surface area contributed by atoms with Gasteiger partial charge in [0.05, 0.1) is 18.5 Å². The number of aromatic nitrogens is 3. The third kappa shape index (κ3) is 4.98. The van der Waals surface area contributed by atoms with E-state index in [4.69, 9.17) is 4.74 Å². The summed E-state index contributed by atoms with van der Waals surface area (Å²) in [5, 5.41) is 8.24. The molecular weight excluding hydrogens is 226 g/mol. The summed E-state index contributed by atoms with van der Waals surface area (Å²) in [6.45, 7) is 4.42. The SMILES string of the molecule is CCCCCc1nnc(OC)nc1CCCCC. The van der Waals surface area contributed by atoms with Crippen LogP contribution in [0.3, 0.4) is 0 Å². The lowest BCUT2D eigenvalue weighted by Gasteiger charge is -2.07. The molecule has 0 aliphatic heterocycles. The molecule has 1 heterocycles. The fourth-order valence-corrected chi connectivity index (χ4v) is 1.93. The van der Waals surface area contributed by atoms with Crippen LogP contribution in [0.15, 0.2) is 0 Å². The Bertz CT molecular complexity index is 342. The van der Waals surface area contributed by atoms with Crippen LogP contribution in [-0.4, -0.2) is 22.3 Å². The van der Waals surface area contributed by atoms with Gasteiger partial charge in [-0.15, -0.1) is 5.10 Å². The summed E-state index contributed by atoms with van der Waals surface area (Å²) >= 11 is 0. The third-order valence-corrected chi connectivity index (χ3v) is 3.04. The summed E-state index contributed by atoms with van der Waals surface area (Å²) in [6, 6.07) is 0.390. The van der Waals surface area contributed by atoms with E-state index in [9.17, 15) is 0 Å². The second kappa shape index (κ2) is 8.84. The van der Waals surface area contributed by atoms with E-state index in [-0.39, 0.29) is 0 Å². The molecule has 0 spiro atoms. The normalized spacial score (nSPS) is 10.6. The summed E-state index contributed by atoms with van der Waals surface area (Å²) < 4.78 is 5.06. The van der Waals surface area contributed by atoms with Gasteiger partial charge in [-0.25, -0.2) is 0 Å². The van der Waals surface area contributed by atoms with E-state index in [1.54, 1.807) is 7.11 Å². The Morgan fingerprint density at radius 2 is 1.44 bits per heavy atom. The minimum absolute atomic E-state index is 0.390. The van der Waals surface area contributed by atoms with Crippen molar-refractivity contribution in [3.8, 4) is 6.01 Å². The Kier molecular flexibility index (Phi) is 7.30. The molecule has 18 heavy (non-hydrogen) atoms. The number of ether oxygens (including phenoxy) is 1. The average Bonchev–Trinajstić information content (AvgIpc) is 2.40. The highest BCUT2D eigenvalue weighted by Crippen LogP contribution is 2.13. The van der Waals surface area contributed by atoms with Gasteiger partial charge in [0, 0.05) is 0 Å². The minimum Gasteiger partial charge on any atom is -0.466 e. The van der Waals surface area contributed by atoms with E-state index in [2.05, 4.69) is 29.0 Å². The molecule has 0 aromatic carbocycles. The zero-order chi connectivity index (χ0) is 13.2. The van der Waals surface area contributed by atoms with Gasteiger partial charge in [0.25, 0.3) is 0 Å². The van der Waals surface area contributed by atoms with Gasteiger partial charge in [0.1, 0.15) is 0 Å². The van der Waals surface area contributed by atoms with Crippen LogP contribution in [-0.2, 0) is 12.8 Å². The summed E-state index contributed by atoms with van der Waals surface area (Å²) in [5.74, 6) is 0. The number of methoxy groups -OCH3 is 1. The van der Waals surface area contributed by atoms with Crippen LogP contribution in [0.25, 0.3) is 0 Å². The molecule has 0 aliphatic rings. The smallest absolute Gasteiger partial charge is 0.335 e. The van der Waals surface area contributed by atoms with E-state index >= 15 is 0 Å². The number of hydrogen-bond acceptors (Lipinski definition) is 4. The van der Waals surface area contributed by atoms with E-state index in [1.807, 2.05) is 0 Å². The predicted molar refractivity (Wildman–Crippen MR) is 72.8 cm³/mol. The zero-order valence-electron chi connectivity index (χ0n) is 11.9. The fourth-order valence-electron chi connectivity index (χ4n) is 1.93. The lowest BCUT2D eigenvalue weighted by atomic mass is 10.1. The number of unbranched alkanes of at least 4 members (excludes halogenated alkanes) is 4. The maximum atomic E-state index is 5.06. The molecule has 0 saturated carbocycles. The van der Waals surface area contributed by atoms with E-state index < -0.39 is 0 Å². The summed E-state index contributed by atoms with van der Waals surface area (Å²) in [7, 11) is 1.59. The quantitative estimate of drug-likeness (QED) is 0.631. The fraction of sp³-hybridized carbons (Fsp3) is 0.786. The van der Waals surface area contributed by atoms with Crippen LogP contribution in [0.1, 0.15) is 63.8 Å². The monoisotopic (exact) mass is 251 g/mol. The van der Waals surface area contributed by atoms with Crippen LogP contribution >= 0.6 is 0 Å². The van der Waals surface area contributed by atoms with Crippen molar-refractivity contribution in [1.29, 1.82) is 0 Å². The first-order valence-corrected chi connectivity index (χ1v) is 7.08. The van der Waals surface area contributed by atoms with E-state index in [1.165, 1.54) is 38.5 Å². The molecule has 1 aromatic heterocycles. The highest BCUT2D eigenvalue weighted by atomic mass is 16.5. The molecule has 0 atom stereocenters. The Hall–Kier alpha value is -1.19. The topological polar surface area (TPSA) is 47.9 Å². The first-order chi connectivity index (χ1) is 8.81. The maximum Gasteiger partial charge on any atom is 0.335 e. The van der Waals surface area contributed by atoms with Gasteiger partial charge in [-0.05, 0) is 25.7 Å². The Morgan fingerprint density at radius 3 is 2.00 bits per heavy atom. The van der Waals surface area contributed by atoms with Crippen LogP contribution in [0.5, 0.6) is 6.01 Å². The standard InChI is InChI=1S/C14H25N3O/c1-4-6-8-10-12-13(11-9-7-5-2)16-17-14(15-12)18-3/h4-11H2,1-3H3. The van der Waals surface area contributed by atoms with Gasteiger partial charge in [0.2, 0.25) is 0 Å². The third-order valence-electron chi connectivity index (χ3n) is 3.04. The molecule has 102 valence electrons. The van der Waals surface area contributed by atoms with Crippen molar-refractivity contribution in [3.63, 3.8) is 0 Å². The average molecular weight is 251 g/mol. The molecule has 4 heteroatoms. The summed E-state index contributed by atoms with van der Waals surface area (Å²) in [4.78, 5) is 4.45. The molecule has 1 aromatic rings. The van der Waals surface area contributed by atoms with Gasteiger partial charge in [-0.2, -0.15) is 4.98 Å². The van der Waals surface area contributed by atoms with Gasteiger partial charge < -0.3 is 4.74 Å².